The molecule has 0 radical (unpaired) electrons. The van der Waals surface area contributed by atoms with Crippen molar-refractivity contribution >= 4 is 33.2 Å². The Morgan fingerprint density at radius 2 is 1.80 bits per heavy atom. The van der Waals surface area contributed by atoms with E-state index in [1.165, 1.54) is 12.1 Å². The molecular weight excluding hydrogens is 337 g/mol. The molecule has 0 fully saturated rings. The van der Waals surface area contributed by atoms with Crippen molar-refractivity contribution in [1.29, 1.82) is 0 Å². The molecule has 0 unspecified atom stereocenters. The Balaban J connectivity index is 2.28. The topological polar surface area (TPSA) is 55.1 Å². The van der Waals surface area contributed by atoms with E-state index in [1.54, 1.807) is 6.07 Å². The Kier molecular flexibility index (Phi) is 3.99. The number of nitrogens with two attached hydrogens (primary N) is 1. The van der Waals surface area contributed by atoms with Crippen LogP contribution in [0.1, 0.15) is 10.4 Å². The molecule has 0 saturated heterocycles. The summed E-state index contributed by atoms with van der Waals surface area (Å²) in [6.45, 7) is 0. The molecule has 0 atom stereocenters. The van der Waals surface area contributed by atoms with Crippen LogP contribution < -0.4 is 11.1 Å². The second-order valence-electron chi connectivity index (χ2n) is 3.91. The lowest BCUT2D eigenvalue weighted by molar-refractivity contribution is 0.102. The summed E-state index contributed by atoms with van der Waals surface area (Å²) in [6.07, 6.45) is 0. The third kappa shape index (κ3) is 2.77. The lowest BCUT2D eigenvalue weighted by atomic mass is 10.2. The molecule has 3 nitrogen and oxygen atoms in total. The van der Waals surface area contributed by atoms with Gasteiger partial charge in [-0.3, -0.25) is 4.79 Å². The van der Waals surface area contributed by atoms with E-state index in [2.05, 4.69) is 21.2 Å². The van der Waals surface area contributed by atoms with Gasteiger partial charge in [0.1, 0.15) is 0 Å². The summed E-state index contributed by atoms with van der Waals surface area (Å²) in [4.78, 5) is 11.9. The van der Waals surface area contributed by atoms with E-state index in [0.717, 1.165) is 12.1 Å². The zero-order valence-electron chi connectivity index (χ0n) is 9.88. The molecule has 1 amide bonds. The average molecular weight is 345 g/mol. The fourth-order valence-corrected chi connectivity index (χ4v) is 1.75. The summed E-state index contributed by atoms with van der Waals surface area (Å²) in [5, 5.41) is 2.15. The van der Waals surface area contributed by atoms with Crippen LogP contribution in [0.25, 0.3) is 0 Å². The summed E-state index contributed by atoms with van der Waals surface area (Å²) in [7, 11) is 0. The Morgan fingerprint density at radius 1 is 1.10 bits per heavy atom. The molecule has 0 bridgehead atoms. The molecule has 20 heavy (non-hydrogen) atoms. The maximum Gasteiger partial charge on any atom is 0.255 e. The van der Waals surface area contributed by atoms with E-state index in [-0.39, 0.29) is 5.56 Å². The van der Waals surface area contributed by atoms with Crippen molar-refractivity contribution < 1.29 is 18.0 Å². The lowest BCUT2D eigenvalue weighted by Crippen LogP contribution is -2.14. The second-order valence-corrected chi connectivity index (χ2v) is 4.77. The number of carbonyl (C=O) groups excluding carboxylic acids is 1. The second kappa shape index (κ2) is 5.54. The minimum Gasteiger partial charge on any atom is -0.398 e. The number of rotatable bonds is 2. The Labute approximate surface area is 120 Å². The first-order valence-corrected chi connectivity index (χ1v) is 6.19. The highest BCUT2D eigenvalue weighted by Crippen LogP contribution is 2.23. The van der Waals surface area contributed by atoms with Crippen molar-refractivity contribution in [2.24, 2.45) is 0 Å². The average Bonchev–Trinajstić information content (AvgIpc) is 2.42. The van der Waals surface area contributed by atoms with Gasteiger partial charge in [-0.25, -0.2) is 13.2 Å². The van der Waals surface area contributed by atoms with Gasteiger partial charge in [-0.15, -0.1) is 0 Å². The summed E-state index contributed by atoms with van der Waals surface area (Å²) >= 11 is 3.17. The van der Waals surface area contributed by atoms with Crippen molar-refractivity contribution in [1.82, 2.24) is 0 Å². The van der Waals surface area contributed by atoms with E-state index in [0.29, 0.717) is 10.2 Å². The van der Waals surface area contributed by atoms with Crippen molar-refractivity contribution in [3.05, 3.63) is 57.8 Å². The molecule has 0 aliphatic rings. The Hall–Kier alpha value is -2.02. The van der Waals surface area contributed by atoms with Gasteiger partial charge in [0.05, 0.1) is 5.69 Å². The van der Waals surface area contributed by atoms with Crippen molar-refractivity contribution in [2.75, 3.05) is 11.1 Å². The molecule has 3 N–H and O–H groups in total. The predicted octanol–water partition coefficient (Wildman–Crippen LogP) is 3.70. The summed E-state index contributed by atoms with van der Waals surface area (Å²) < 4.78 is 39.8. The third-order valence-corrected chi connectivity index (χ3v) is 3.26. The van der Waals surface area contributed by atoms with Crippen molar-refractivity contribution in [2.45, 2.75) is 0 Å². The van der Waals surface area contributed by atoms with E-state index in [9.17, 15) is 18.0 Å². The van der Waals surface area contributed by atoms with Gasteiger partial charge in [0.15, 0.2) is 17.5 Å². The fraction of sp³-hybridized carbons (Fsp3) is 0. The first-order chi connectivity index (χ1) is 9.40. The monoisotopic (exact) mass is 344 g/mol. The number of nitrogens with one attached hydrogen (secondary N) is 1. The van der Waals surface area contributed by atoms with Gasteiger partial charge in [-0.2, -0.15) is 0 Å². The molecule has 0 heterocycles. The zero-order valence-corrected chi connectivity index (χ0v) is 11.5. The van der Waals surface area contributed by atoms with Gasteiger partial charge >= 0.3 is 0 Å². The molecule has 2 aromatic rings. The van der Waals surface area contributed by atoms with Crippen LogP contribution in [-0.4, -0.2) is 5.91 Å². The van der Waals surface area contributed by atoms with E-state index >= 15 is 0 Å². The summed E-state index contributed by atoms with van der Waals surface area (Å²) in [5.74, 6) is -5.11. The maximum atomic E-state index is 13.4. The van der Waals surface area contributed by atoms with Crippen LogP contribution in [0.5, 0.6) is 0 Å². The van der Waals surface area contributed by atoms with E-state index < -0.39 is 29.0 Å². The molecular formula is C13H8BrF3N2O. The van der Waals surface area contributed by atoms with Gasteiger partial charge in [0.2, 0.25) is 0 Å². The van der Waals surface area contributed by atoms with Gasteiger partial charge in [0.25, 0.3) is 5.91 Å². The highest BCUT2D eigenvalue weighted by molar-refractivity contribution is 9.10. The van der Waals surface area contributed by atoms with Crippen LogP contribution in [0.15, 0.2) is 34.8 Å². The Bertz CT molecular complexity index is 692. The van der Waals surface area contributed by atoms with Gasteiger partial charge in [-0.1, -0.05) is 0 Å². The number of halogens is 4. The normalized spacial score (nSPS) is 10.4. The Morgan fingerprint density at radius 3 is 2.45 bits per heavy atom. The SMILES string of the molecule is Nc1cc(C(=O)Nc2ccc(F)c(F)c2F)ccc1Br. The molecule has 7 heteroatoms. The van der Waals surface area contributed by atoms with Gasteiger partial charge < -0.3 is 11.1 Å². The summed E-state index contributed by atoms with van der Waals surface area (Å²) in [5.41, 5.74) is 5.65. The molecule has 2 rings (SSSR count). The van der Waals surface area contributed by atoms with Gasteiger partial charge in [-0.05, 0) is 46.3 Å². The van der Waals surface area contributed by atoms with E-state index in [1.807, 2.05) is 0 Å². The zero-order chi connectivity index (χ0) is 14.9. The molecule has 0 aliphatic heterocycles. The molecule has 0 saturated carbocycles. The third-order valence-electron chi connectivity index (χ3n) is 2.54. The standard InChI is InChI=1S/C13H8BrF3N2O/c14-7-2-1-6(5-9(7)18)13(20)19-10-4-3-8(15)11(16)12(10)17/h1-5H,18H2,(H,19,20). The fourth-order valence-electron chi connectivity index (χ4n) is 1.50. The molecule has 2 aromatic carbocycles. The van der Waals surface area contributed by atoms with Crippen LogP contribution in [-0.2, 0) is 0 Å². The van der Waals surface area contributed by atoms with E-state index in [4.69, 9.17) is 5.73 Å². The molecule has 0 spiro atoms. The predicted molar refractivity (Wildman–Crippen MR) is 72.8 cm³/mol. The molecule has 104 valence electrons. The largest absolute Gasteiger partial charge is 0.398 e. The molecule has 0 aliphatic carbocycles. The number of hydrogen-bond donors (Lipinski definition) is 2. The lowest BCUT2D eigenvalue weighted by Gasteiger charge is -2.08. The van der Waals surface area contributed by atoms with Crippen LogP contribution >= 0.6 is 15.9 Å². The highest BCUT2D eigenvalue weighted by Gasteiger charge is 2.16. The van der Waals surface area contributed by atoms with Crippen LogP contribution in [0.3, 0.4) is 0 Å². The minimum atomic E-state index is -1.64. The first-order valence-electron chi connectivity index (χ1n) is 5.40. The first kappa shape index (κ1) is 14.4. The quantitative estimate of drug-likeness (QED) is 0.644. The maximum absolute atomic E-state index is 13.4. The van der Waals surface area contributed by atoms with Crippen LogP contribution in [0.4, 0.5) is 24.5 Å². The minimum absolute atomic E-state index is 0.162. The highest BCUT2D eigenvalue weighted by atomic mass is 79.9. The van der Waals surface area contributed by atoms with Crippen molar-refractivity contribution in [3.63, 3.8) is 0 Å². The number of anilines is 2. The number of benzene rings is 2. The number of nitrogen functional groups attached to an aromatic ring is 1. The van der Waals surface area contributed by atoms with Gasteiger partial charge in [0, 0.05) is 15.7 Å². The summed E-state index contributed by atoms with van der Waals surface area (Å²) in [6, 6.07) is 6.04. The van der Waals surface area contributed by atoms with Crippen LogP contribution in [0.2, 0.25) is 0 Å². The number of carbonyl (C=O) groups is 1. The number of hydrogen-bond acceptors (Lipinski definition) is 2. The van der Waals surface area contributed by atoms with Crippen molar-refractivity contribution in [3.8, 4) is 0 Å². The smallest absolute Gasteiger partial charge is 0.255 e. The van der Waals surface area contributed by atoms with Crippen LogP contribution in [0, 0.1) is 17.5 Å². The molecule has 0 aromatic heterocycles. The number of amides is 1.